The van der Waals surface area contributed by atoms with Gasteiger partial charge < -0.3 is 4.74 Å². The van der Waals surface area contributed by atoms with Crippen LogP contribution in [0.3, 0.4) is 0 Å². The van der Waals surface area contributed by atoms with Gasteiger partial charge in [0.1, 0.15) is 9.83 Å². The average molecular weight is 417 g/mol. The number of hydrogen-bond acceptors (Lipinski definition) is 3. The van der Waals surface area contributed by atoms with Crippen molar-refractivity contribution in [3.8, 4) is 5.75 Å². The Kier molecular flexibility index (Phi) is 4.54. The first-order valence-electron chi connectivity index (χ1n) is 7.85. The van der Waals surface area contributed by atoms with Crippen LogP contribution < -0.4 is 4.74 Å². The van der Waals surface area contributed by atoms with Crippen molar-refractivity contribution in [2.45, 2.75) is 4.08 Å². The molecule has 1 fully saturated rings. The van der Waals surface area contributed by atoms with Crippen LogP contribution in [-0.4, -0.2) is 22.7 Å². The molecule has 2 aromatic rings. The van der Waals surface area contributed by atoms with Crippen molar-refractivity contribution in [2.24, 2.45) is 0 Å². The van der Waals surface area contributed by atoms with Gasteiger partial charge in [0.05, 0.1) is 7.11 Å². The van der Waals surface area contributed by atoms with E-state index in [-0.39, 0.29) is 4.08 Å². The van der Waals surface area contributed by atoms with E-state index in [1.807, 2.05) is 35.7 Å². The van der Waals surface area contributed by atoms with Gasteiger partial charge in [0.25, 0.3) is 0 Å². The molecule has 1 aliphatic heterocycles. The molecule has 1 heterocycles. The predicted octanol–water partition coefficient (Wildman–Crippen LogP) is 6.07. The van der Waals surface area contributed by atoms with Crippen LogP contribution in [0.4, 0.5) is 0 Å². The molecule has 0 radical (unpaired) electrons. The summed E-state index contributed by atoms with van der Waals surface area (Å²) in [5.41, 5.74) is 5.17. The first-order chi connectivity index (χ1) is 11.8. The summed E-state index contributed by atoms with van der Waals surface area (Å²) in [5, 5.41) is 0. The summed E-state index contributed by atoms with van der Waals surface area (Å²) in [7, 11) is 1.75. The van der Waals surface area contributed by atoms with Gasteiger partial charge >= 0.3 is 0 Å². The van der Waals surface area contributed by atoms with Crippen LogP contribution >= 0.6 is 39.5 Å². The van der Waals surface area contributed by atoms with Gasteiger partial charge in [0.15, 0.2) is 0 Å². The van der Waals surface area contributed by atoms with Crippen LogP contribution in [0.15, 0.2) is 65.2 Å². The van der Waals surface area contributed by atoms with Gasteiger partial charge in [-0.1, -0.05) is 64.5 Å². The summed E-state index contributed by atoms with van der Waals surface area (Å²) >= 11 is 7.91. The summed E-state index contributed by atoms with van der Waals surface area (Å²) in [6.07, 6.45) is 2.29. The SMILES string of the molecule is COc1ccccc1C1=C(Br)C=C(c2ccccc2)C12SCCS2. The van der Waals surface area contributed by atoms with Crippen LogP contribution in [0.2, 0.25) is 0 Å². The lowest BCUT2D eigenvalue weighted by Gasteiger charge is -2.31. The molecule has 0 atom stereocenters. The van der Waals surface area contributed by atoms with Crippen LogP contribution in [0.5, 0.6) is 5.75 Å². The van der Waals surface area contributed by atoms with Gasteiger partial charge in [-0.2, -0.15) is 0 Å². The first kappa shape index (κ1) is 16.4. The number of para-hydroxylation sites is 1. The predicted molar refractivity (Wildman–Crippen MR) is 111 cm³/mol. The van der Waals surface area contributed by atoms with E-state index < -0.39 is 0 Å². The summed E-state index contributed by atoms with van der Waals surface area (Å²) in [6.45, 7) is 0. The molecule has 122 valence electrons. The average Bonchev–Trinajstić information content (AvgIpc) is 3.21. The van der Waals surface area contributed by atoms with Crippen molar-refractivity contribution < 1.29 is 4.74 Å². The topological polar surface area (TPSA) is 9.23 Å². The van der Waals surface area contributed by atoms with Gasteiger partial charge in [0.2, 0.25) is 0 Å². The molecule has 1 aliphatic carbocycles. The highest BCUT2D eigenvalue weighted by molar-refractivity contribution is 9.12. The zero-order chi connectivity index (χ0) is 16.6. The van der Waals surface area contributed by atoms with E-state index in [1.165, 1.54) is 22.3 Å². The Morgan fingerprint density at radius 3 is 2.33 bits per heavy atom. The van der Waals surface area contributed by atoms with E-state index in [1.54, 1.807) is 7.11 Å². The van der Waals surface area contributed by atoms with Gasteiger partial charge in [0, 0.05) is 27.1 Å². The third-order valence-electron chi connectivity index (χ3n) is 4.35. The van der Waals surface area contributed by atoms with E-state index in [0.717, 1.165) is 21.7 Å². The number of methoxy groups -OCH3 is 1. The standard InChI is InChI=1S/C20H17BrOS2/c1-22-18-10-6-5-9-15(18)19-17(21)13-16(14-7-3-2-4-8-14)20(19)23-11-12-24-20/h2-10,13H,11-12H2,1H3. The summed E-state index contributed by atoms with van der Waals surface area (Å²) in [4.78, 5) is 0. The molecule has 2 aromatic carbocycles. The van der Waals surface area contributed by atoms with Crippen molar-refractivity contribution in [3.05, 3.63) is 76.3 Å². The lowest BCUT2D eigenvalue weighted by atomic mass is 9.97. The quantitative estimate of drug-likeness (QED) is 0.600. The molecule has 4 rings (SSSR count). The highest BCUT2D eigenvalue weighted by Gasteiger charge is 2.48. The van der Waals surface area contributed by atoms with Crippen molar-refractivity contribution in [1.82, 2.24) is 0 Å². The second-order valence-corrected chi connectivity index (χ2v) is 9.39. The highest BCUT2D eigenvalue weighted by Crippen LogP contribution is 2.64. The van der Waals surface area contributed by atoms with Gasteiger partial charge in [-0.15, -0.1) is 23.5 Å². The minimum absolute atomic E-state index is 0.0607. The van der Waals surface area contributed by atoms with Crippen molar-refractivity contribution in [3.63, 3.8) is 0 Å². The molecular weight excluding hydrogens is 400 g/mol. The Bertz CT molecular complexity index is 821. The maximum atomic E-state index is 5.65. The zero-order valence-corrected chi connectivity index (χ0v) is 16.5. The summed E-state index contributed by atoms with van der Waals surface area (Å²) in [5.74, 6) is 3.25. The Morgan fingerprint density at radius 1 is 0.958 bits per heavy atom. The molecule has 1 saturated heterocycles. The number of halogens is 1. The van der Waals surface area contributed by atoms with Crippen molar-refractivity contribution >= 4 is 50.6 Å². The molecule has 0 amide bonds. The maximum absolute atomic E-state index is 5.65. The zero-order valence-electron chi connectivity index (χ0n) is 13.3. The summed E-state index contributed by atoms with van der Waals surface area (Å²) < 4.78 is 6.75. The second-order valence-electron chi connectivity index (χ2n) is 5.66. The Labute approximate surface area is 159 Å². The van der Waals surface area contributed by atoms with E-state index in [2.05, 4.69) is 64.5 Å². The smallest absolute Gasteiger partial charge is 0.126 e. The number of thioether (sulfide) groups is 2. The molecule has 2 aliphatic rings. The van der Waals surface area contributed by atoms with E-state index in [9.17, 15) is 0 Å². The monoisotopic (exact) mass is 416 g/mol. The lowest BCUT2D eigenvalue weighted by Crippen LogP contribution is -2.19. The van der Waals surface area contributed by atoms with Gasteiger partial charge in [-0.05, 0) is 23.3 Å². The van der Waals surface area contributed by atoms with E-state index >= 15 is 0 Å². The number of hydrogen-bond donors (Lipinski definition) is 0. The molecular formula is C20H17BrOS2. The number of rotatable bonds is 3. The molecule has 4 heteroatoms. The largest absolute Gasteiger partial charge is 0.496 e. The molecule has 24 heavy (non-hydrogen) atoms. The van der Waals surface area contributed by atoms with Crippen LogP contribution in [0.1, 0.15) is 11.1 Å². The molecule has 0 aromatic heterocycles. The molecule has 0 N–H and O–H groups in total. The Morgan fingerprint density at radius 2 is 1.62 bits per heavy atom. The van der Waals surface area contributed by atoms with E-state index in [0.29, 0.717) is 0 Å². The second kappa shape index (κ2) is 6.66. The number of allylic oxidation sites excluding steroid dienone is 2. The fourth-order valence-corrected chi connectivity index (χ4v) is 7.82. The van der Waals surface area contributed by atoms with Crippen LogP contribution in [0.25, 0.3) is 11.1 Å². The molecule has 1 spiro atoms. The Hall–Kier alpha value is -1.10. The lowest BCUT2D eigenvalue weighted by molar-refractivity contribution is 0.413. The third-order valence-corrected chi connectivity index (χ3v) is 8.42. The molecule has 0 saturated carbocycles. The van der Waals surface area contributed by atoms with Gasteiger partial charge in [-0.25, -0.2) is 0 Å². The fraction of sp³-hybridized carbons (Fsp3) is 0.200. The van der Waals surface area contributed by atoms with Crippen molar-refractivity contribution in [2.75, 3.05) is 18.6 Å². The minimum Gasteiger partial charge on any atom is -0.496 e. The Balaban J connectivity index is 1.88. The van der Waals surface area contributed by atoms with Gasteiger partial charge in [-0.3, -0.25) is 0 Å². The first-order valence-corrected chi connectivity index (χ1v) is 10.6. The number of ether oxygens (including phenoxy) is 1. The normalized spacial score (nSPS) is 19.0. The van der Waals surface area contributed by atoms with Crippen molar-refractivity contribution in [1.29, 1.82) is 0 Å². The fourth-order valence-electron chi connectivity index (χ4n) is 3.35. The summed E-state index contributed by atoms with van der Waals surface area (Å²) in [6, 6.07) is 19.0. The van der Waals surface area contributed by atoms with Crippen LogP contribution in [-0.2, 0) is 0 Å². The minimum atomic E-state index is -0.0607. The molecule has 1 nitrogen and oxygen atoms in total. The molecule has 0 bridgehead atoms. The highest BCUT2D eigenvalue weighted by atomic mass is 79.9. The maximum Gasteiger partial charge on any atom is 0.126 e. The number of benzene rings is 2. The van der Waals surface area contributed by atoms with Crippen LogP contribution in [0, 0.1) is 0 Å². The molecule has 0 unspecified atom stereocenters. The third kappa shape index (κ3) is 2.56. The van der Waals surface area contributed by atoms with E-state index in [4.69, 9.17) is 4.74 Å².